The lowest BCUT2D eigenvalue weighted by molar-refractivity contribution is -0.141. The number of carbonyl (C=O) groups is 1. The van der Waals surface area contributed by atoms with Crippen LogP contribution in [0, 0.1) is 0 Å². The van der Waals surface area contributed by atoms with E-state index in [1.165, 1.54) is 7.11 Å². The topological polar surface area (TPSA) is 26.3 Å². The highest BCUT2D eigenvalue weighted by Gasteiger charge is 2.17. The molecule has 0 bridgehead atoms. The van der Waals surface area contributed by atoms with E-state index in [2.05, 4.69) is 0 Å². The number of esters is 1. The second kappa shape index (κ2) is 4.35. The van der Waals surface area contributed by atoms with E-state index >= 15 is 0 Å². The summed E-state index contributed by atoms with van der Waals surface area (Å²) in [5.41, 5.74) is 1.02. The van der Waals surface area contributed by atoms with E-state index in [0.29, 0.717) is 0 Å². The second-order valence-electron chi connectivity index (χ2n) is 3.81. The van der Waals surface area contributed by atoms with Crippen molar-refractivity contribution >= 4 is 16.7 Å². The molecule has 2 aromatic rings. The van der Waals surface area contributed by atoms with Gasteiger partial charge in [-0.25, -0.2) is 0 Å². The summed E-state index contributed by atoms with van der Waals surface area (Å²) in [4.78, 5) is 11.5. The van der Waals surface area contributed by atoms with Crippen LogP contribution >= 0.6 is 0 Å². The third kappa shape index (κ3) is 1.78. The quantitative estimate of drug-likeness (QED) is 0.718. The Hall–Kier alpha value is -1.83. The van der Waals surface area contributed by atoms with Gasteiger partial charge in [-0.05, 0) is 23.3 Å². The van der Waals surface area contributed by atoms with Gasteiger partial charge in [-0.3, -0.25) is 4.79 Å². The summed E-state index contributed by atoms with van der Waals surface area (Å²) in [6.07, 6.45) is 0. The molecule has 2 nitrogen and oxygen atoms in total. The standard InChI is InChI=1S/C14H14O2/c1-10(14(15)16-2)12-9-5-7-11-6-3-4-8-13(11)12/h3-10H,1-2H3/t10-/m0/s1. The predicted octanol–water partition coefficient (Wildman–Crippen LogP) is 3.12. The molecule has 0 saturated heterocycles. The highest BCUT2D eigenvalue weighted by atomic mass is 16.5. The molecule has 0 N–H and O–H groups in total. The number of benzene rings is 2. The molecule has 16 heavy (non-hydrogen) atoms. The minimum Gasteiger partial charge on any atom is -0.469 e. The molecule has 0 unspecified atom stereocenters. The predicted molar refractivity (Wildman–Crippen MR) is 64.4 cm³/mol. The van der Waals surface area contributed by atoms with Crippen LogP contribution < -0.4 is 0 Å². The summed E-state index contributed by atoms with van der Waals surface area (Å²) < 4.78 is 4.78. The number of fused-ring (bicyclic) bond motifs is 1. The number of hydrogen-bond donors (Lipinski definition) is 0. The highest BCUT2D eigenvalue weighted by molar-refractivity contribution is 5.90. The van der Waals surface area contributed by atoms with Crippen molar-refractivity contribution in [1.29, 1.82) is 0 Å². The minimum atomic E-state index is -0.226. The van der Waals surface area contributed by atoms with Crippen molar-refractivity contribution in [3.05, 3.63) is 48.0 Å². The van der Waals surface area contributed by atoms with Crippen LogP contribution in [-0.2, 0) is 9.53 Å². The molecule has 0 aliphatic rings. The first-order chi connectivity index (χ1) is 7.74. The summed E-state index contributed by atoms with van der Waals surface area (Å²) in [7, 11) is 1.42. The molecule has 0 heterocycles. The molecule has 0 aliphatic heterocycles. The van der Waals surface area contributed by atoms with Gasteiger partial charge in [0.05, 0.1) is 13.0 Å². The fourth-order valence-corrected chi connectivity index (χ4v) is 1.93. The molecule has 2 aromatic carbocycles. The fraction of sp³-hybridized carbons (Fsp3) is 0.214. The SMILES string of the molecule is COC(=O)[C@@H](C)c1cccc2ccccc12. The van der Waals surface area contributed by atoms with Crippen molar-refractivity contribution in [2.24, 2.45) is 0 Å². The fourth-order valence-electron chi connectivity index (χ4n) is 1.93. The van der Waals surface area contributed by atoms with Gasteiger partial charge in [-0.15, -0.1) is 0 Å². The van der Waals surface area contributed by atoms with E-state index < -0.39 is 0 Å². The van der Waals surface area contributed by atoms with Crippen molar-refractivity contribution in [3.63, 3.8) is 0 Å². The van der Waals surface area contributed by atoms with Crippen LogP contribution in [0.25, 0.3) is 10.8 Å². The molecule has 0 aliphatic carbocycles. The zero-order valence-electron chi connectivity index (χ0n) is 9.44. The largest absolute Gasteiger partial charge is 0.469 e. The Morgan fingerprint density at radius 3 is 2.56 bits per heavy atom. The number of carbonyl (C=O) groups excluding carboxylic acids is 1. The molecule has 1 atom stereocenters. The van der Waals surface area contributed by atoms with Crippen LogP contribution in [0.5, 0.6) is 0 Å². The second-order valence-corrected chi connectivity index (χ2v) is 3.81. The van der Waals surface area contributed by atoms with Gasteiger partial charge in [0.1, 0.15) is 0 Å². The van der Waals surface area contributed by atoms with Crippen LogP contribution in [-0.4, -0.2) is 13.1 Å². The van der Waals surface area contributed by atoms with Crippen molar-refractivity contribution in [2.45, 2.75) is 12.8 Å². The van der Waals surface area contributed by atoms with Gasteiger partial charge >= 0.3 is 5.97 Å². The van der Waals surface area contributed by atoms with Crippen molar-refractivity contribution in [1.82, 2.24) is 0 Å². The van der Waals surface area contributed by atoms with E-state index in [4.69, 9.17) is 4.74 Å². The van der Waals surface area contributed by atoms with Gasteiger partial charge in [0, 0.05) is 0 Å². The first kappa shape index (κ1) is 10.7. The summed E-state index contributed by atoms with van der Waals surface area (Å²) in [6.45, 7) is 1.87. The summed E-state index contributed by atoms with van der Waals surface area (Å²) in [5, 5.41) is 2.26. The lowest BCUT2D eigenvalue weighted by atomic mass is 9.95. The van der Waals surface area contributed by atoms with E-state index in [0.717, 1.165) is 16.3 Å². The van der Waals surface area contributed by atoms with Gasteiger partial charge in [-0.2, -0.15) is 0 Å². The average molecular weight is 214 g/mol. The maximum atomic E-state index is 11.5. The van der Waals surface area contributed by atoms with E-state index in [1.54, 1.807) is 0 Å². The molecule has 0 aromatic heterocycles. The van der Waals surface area contributed by atoms with Gasteiger partial charge in [0.25, 0.3) is 0 Å². The Bertz CT molecular complexity index is 512. The monoisotopic (exact) mass is 214 g/mol. The van der Waals surface area contributed by atoms with Crippen LogP contribution in [0.2, 0.25) is 0 Å². The highest BCUT2D eigenvalue weighted by Crippen LogP contribution is 2.26. The van der Waals surface area contributed by atoms with Crippen molar-refractivity contribution in [3.8, 4) is 0 Å². The molecule has 2 rings (SSSR count). The number of rotatable bonds is 2. The molecule has 82 valence electrons. The van der Waals surface area contributed by atoms with Gasteiger partial charge in [-0.1, -0.05) is 42.5 Å². The molecule has 0 radical (unpaired) electrons. The van der Waals surface area contributed by atoms with Gasteiger partial charge in [0.2, 0.25) is 0 Å². The molecule has 0 spiro atoms. The zero-order chi connectivity index (χ0) is 11.5. The third-order valence-corrected chi connectivity index (χ3v) is 2.84. The molecule has 2 heteroatoms. The maximum Gasteiger partial charge on any atom is 0.312 e. The third-order valence-electron chi connectivity index (χ3n) is 2.84. The zero-order valence-corrected chi connectivity index (χ0v) is 9.44. The first-order valence-corrected chi connectivity index (χ1v) is 5.29. The van der Waals surface area contributed by atoms with Crippen LogP contribution in [0.15, 0.2) is 42.5 Å². The Morgan fingerprint density at radius 1 is 1.12 bits per heavy atom. The lowest BCUT2D eigenvalue weighted by Crippen LogP contribution is -2.11. The molecule has 0 fully saturated rings. The molecule has 0 amide bonds. The average Bonchev–Trinajstić information content (AvgIpc) is 2.36. The molecular formula is C14H14O2. The van der Waals surface area contributed by atoms with Crippen LogP contribution in [0.1, 0.15) is 18.4 Å². The summed E-state index contributed by atoms with van der Waals surface area (Å²) in [5.74, 6) is -0.424. The van der Waals surface area contributed by atoms with Crippen molar-refractivity contribution in [2.75, 3.05) is 7.11 Å². The molecular weight excluding hydrogens is 200 g/mol. The van der Waals surface area contributed by atoms with E-state index in [-0.39, 0.29) is 11.9 Å². The Balaban J connectivity index is 2.56. The summed E-state index contributed by atoms with van der Waals surface area (Å²) >= 11 is 0. The number of ether oxygens (including phenoxy) is 1. The molecule has 0 saturated carbocycles. The maximum absolute atomic E-state index is 11.5. The number of methoxy groups -OCH3 is 1. The first-order valence-electron chi connectivity index (χ1n) is 5.29. The lowest BCUT2D eigenvalue weighted by Gasteiger charge is -2.12. The number of hydrogen-bond acceptors (Lipinski definition) is 2. The Labute approximate surface area is 94.8 Å². The van der Waals surface area contributed by atoms with Crippen LogP contribution in [0.4, 0.5) is 0 Å². The normalized spacial score (nSPS) is 12.4. The van der Waals surface area contributed by atoms with Crippen molar-refractivity contribution < 1.29 is 9.53 Å². The summed E-state index contributed by atoms with van der Waals surface area (Å²) in [6, 6.07) is 14.0. The Kier molecular flexibility index (Phi) is 2.91. The minimum absolute atomic E-state index is 0.198. The Morgan fingerprint density at radius 2 is 1.81 bits per heavy atom. The van der Waals surface area contributed by atoms with E-state index in [9.17, 15) is 4.79 Å². The van der Waals surface area contributed by atoms with Crippen LogP contribution in [0.3, 0.4) is 0 Å². The van der Waals surface area contributed by atoms with E-state index in [1.807, 2.05) is 49.4 Å². The smallest absolute Gasteiger partial charge is 0.312 e. The van der Waals surface area contributed by atoms with Gasteiger partial charge in [0.15, 0.2) is 0 Å². The van der Waals surface area contributed by atoms with Gasteiger partial charge < -0.3 is 4.74 Å².